The van der Waals surface area contributed by atoms with Gasteiger partial charge in [0.2, 0.25) is 0 Å². The van der Waals surface area contributed by atoms with Gasteiger partial charge in [-0.2, -0.15) is 0 Å². The summed E-state index contributed by atoms with van der Waals surface area (Å²) in [5.74, 6) is -0.201. The molecule has 0 spiro atoms. The van der Waals surface area contributed by atoms with Crippen LogP contribution < -0.4 is 0 Å². The number of pyridine rings is 1. The molecular formula is C11H16ClNO2. The van der Waals surface area contributed by atoms with E-state index >= 15 is 0 Å². The van der Waals surface area contributed by atoms with Gasteiger partial charge in [-0.15, -0.1) is 12.4 Å². The molecule has 0 bridgehead atoms. The average Bonchev–Trinajstić information content (AvgIpc) is 2.01. The zero-order valence-corrected chi connectivity index (χ0v) is 10.0. The predicted octanol–water partition coefficient (Wildman–Crippen LogP) is 2.31. The Morgan fingerprint density at radius 3 is 2.67 bits per heavy atom. The van der Waals surface area contributed by atoms with E-state index in [1.165, 1.54) is 0 Å². The first-order chi connectivity index (χ1) is 6.58. The van der Waals surface area contributed by atoms with Crippen molar-refractivity contribution in [3.8, 4) is 0 Å². The molecule has 0 saturated carbocycles. The molecule has 0 atom stereocenters. The molecule has 0 N–H and O–H groups in total. The van der Waals surface area contributed by atoms with Crippen molar-refractivity contribution in [1.82, 2.24) is 4.98 Å². The smallest absolute Gasteiger partial charge is 0.310 e. The molecule has 15 heavy (non-hydrogen) atoms. The van der Waals surface area contributed by atoms with E-state index in [4.69, 9.17) is 4.74 Å². The van der Waals surface area contributed by atoms with Crippen molar-refractivity contribution >= 4 is 18.4 Å². The molecule has 0 aromatic carbocycles. The highest BCUT2D eigenvalue weighted by Gasteiger charge is 2.06. The third-order valence-electron chi connectivity index (χ3n) is 1.65. The number of aryl methyl sites for hydroxylation is 1. The molecule has 4 heteroatoms. The number of halogens is 1. The second-order valence-electron chi connectivity index (χ2n) is 3.59. The van der Waals surface area contributed by atoms with Crippen LogP contribution in [0.25, 0.3) is 0 Å². The molecule has 0 saturated heterocycles. The van der Waals surface area contributed by atoms with Gasteiger partial charge in [0.1, 0.15) is 0 Å². The summed E-state index contributed by atoms with van der Waals surface area (Å²) in [7, 11) is 0. The van der Waals surface area contributed by atoms with Crippen molar-refractivity contribution in [3.05, 3.63) is 29.6 Å². The first-order valence-corrected chi connectivity index (χ1v) is 4.68. The lowest BCUT2D eigenvalue weighted by Gasteiger charge is -2.07. The SMILES string of the molecule is Cc1cncc(CC(=O)OC(C)C)c1.Cl. The quantitative estimate of drug-likeness (QED) is 0.747. The average molecular weight is 230 g/mol. The molecule has 1 aromatic rings. The van der Waals surface area contributed by atoms with E-state index in [9.17, 15) is 4.79 Å². The van der Waals surface area contributed by atoms with Crippen LogP contribution in [0.4, 0.5) is 0 Å². The summed E-state index contributed by atoms with van der Waals surface area (Å²) in [6.45, 7) is 5.63. The lowest BCUT2D eigenvalue weighted by atomic mass is 10.2. The summed E-state index contributed by atoms with van der Waals surface area (Å²) >= 11 is 0. The largest absolute Gasteiger partial charge is 0.463 e. The zero-order valence-electron chi connectivity index (χ0n) is 9.19. The van der Waals surface area contributed by atoms with Crippen LogP contribution in [0.15, 0.2) is 18.5 Å². The number of carbonyl (C=O) groups is 1. The Bertz CT molecular complexity index is 326. The number of rotatable bonds is 3. The van der Waals surface area contributed by atoms with E-state index in [0.29, 0.717) is 6.42 Å². The Labute approximate surface area is 96.3 Å². The summed E-state index contributed by atoms with van der Waals surface area (Å²) in [6.07, 6.45) is 3.69. The number of nitrogens with zero attached hydrogens (tertiary/aromatic N) is 1. The minimum Gasteiger partial charge on any atom is -0.463 e. The van der Waals surface area contributed by atoms with Gasteiger partial charge in [-0.3, -0.25) is 9.78 Å². The van der Waals surface area contributed by atoms with Crippen LogP contribution in [0.5, 0.6) is 0 Å². The lowest BCUT2D eigenvalue weighted by molar-refractivity contribution is -0.146. The molecule has 0 aliphatic carbocycles. The van der Waals surface area contributed by atoms with E-state index in [2.05, 4.69) is 4.98 Å². The number of hydrogen-bond acceptors (Lipinski definition) is 3. The summed E-state index contributed by atoms with van der Waals surface area (Å²) in [5.41, 5.74) is 1.95. The maximum atomic E-state index is 11.3. The minimum absolute atomic E-state index is 0. The van der Waals surface area contributed by atoms with Crippen LogP contribution in [-0.4, -0.2) is 17.1 Å². The van der Waals surface area contributed by atoms with E-state index < -0.39 is 0 Å². The van der Waals surface area contributed by atoms with Gasteiger partial charge in [-0.05, 0) is 31.9 Å². The van der Waals surface area contributed by atoms with Crippen molar-refractivity contribution in [2.24, 2.45) is 0 Å². The molecule has 84 valence electrons. The van der Waals surface area contributed by atoms with Gasteiger partial charge in [0, 0.05) is 12.4 Å². The molecular weight excluding hydrogens is 214 g/mol. The van der Waals surface area contributed by atoms with Gasteiger partial charge in [0.25, 0.3) is 0 Å². The van der Waals surface area contributed by atoms with Crippen molar-refractivity contribution in [2.75, 3.05) is 0 Å². The fraction of sp³-hybridized carbons (Fsp3) is 0.455. The van der Waals surface area contributed by atoms with E-state index in [1.807, 2.05) is 26.8 Å². The molecule has 0 aliphatic rings. The summed E-state index contributed by atoms with van der Waals surface area (Å²) in [5, 5.41) is 0. The fourth-order valence-electron chi connectivity index (χ4n) is 1.19. The van der Waals surface area contributed by atoms with Crippen LogP contribution in [0.2, 0.25) is 0 Å². The zero-order chi connectivity index (χ0) is 10.6. The maximum absolute atomic E-state index is 11.3. The summed E-state index contributed by atoms with van der Waals surface area (Å²) in [6, 6.07) is 1.94. The van der Waals surface area contributed by atoms with E-state index in [-0.39, 0.29) is 24.5 Å². The van der Waals surface area contributed by atoms with Crippen molar-refractivity contribution < 1.29 is 9.53 Å². The molecule has 0 aliphatic heterocycles. The third-order valence-corrected chi connectivity index (χ3v) is 1.65. The normalized spacial score (nSPS) is 9.60. The first kappa shape index (κ1) is 13.9. The Kier molecular flexibility index (Phi) is 5.94. The number of aromatic nitrogens is 1. The van der Waals surface area contributed by atoms with Gasteiger partial charge >= 0.3 is 5.97 Å². The Morgan fingerprint density at radius 2 is 2.13 bits per heavy atom. The second kappa shape index (κ2) is 6.40. The van der Waals surface area contributed by atoms with Crippen LogP contribution >= 0.6 is 12.4 Å². The van der Waals surface area contributed by atoms with Crippen molar-refractivity contribution in [1.29, 1.82) is 0 Å². The molecule has 1 rings (SSSR count). The molecule has 0 radical (unpaired) electrons. The standard InChI is InChI=1S/C11H15NO2.ClH/c1-8(2)14-11(13)5-10-4-9(3)6-12-7-10;/h4,6-8H,5H2,1-3H3;1H. The Morgan fingerprint density at radius 1 is 1.47 bits per heavy atom. The number of hydrogen-bond donors (Lipinski definition) is 0. The van der Waals surface area contributed by atoms with Gasteiger partial charge in [0.05, 0.1) is 12.5 Å². The summed E-state index contributed by atoms with van der Waals surface area (Å²) < 4.78 is 5.03. The Balaban J connectivity index is 0.00000196. The van der Waals surface area contributed by atoms with Gasteiger partial charge in [0.15, 0.2) is 0 Å². The predicted molar refractivity (Wildman–Crippen MR) is 61.2 cm³/mol. The molecule has 1 heterocycles. The first-order valence-electron chi connectivity index (χ1n) is 4.68. The van der Waals surface area contributed by atoms with Crippen LogP contribution in [-0.2, 0) is 16.0 Å². The van der Waals surface area contributed by atoms with Crippen molar-refractivity contribution in [2.45, 2.75) is 33.3 Å². The molecule has 0 unspecified atom stereocenters. The topological polar surface area (TPSA) is 39.2 Å². The van der Waals surface area contributed by atoms with Gasteiger partial charge in [-0.1, -0.05) is 6.07 Å². The van der Waals surface area contributed by atoms with Crippen molar-refractivity contribution in [3.63, 3.8) is 0 Å². The van der Waals surface area contributed by atoms with E-state index in [1.54, 1.807) is 12.4 Å². The van der Waals surface area contributed by atoms with Crippen LogP contribution in [0.1, 0.15) is 25.0 Å². The highest BCUT2D eigenvalue weighted by Crippen LogP contribution is 2.03. The Hall–Kier alpha value is -1.09. The van der Waals surface area contributed by atoms with Gasteiger partial charge in [-0.25, -0.2) is 0 Å². The second-order valence-corrected chi connectivity index (χ2v) is 3.59. The highest BCUT2D eigenvalue weighted by molar-refractivity contribution is 5.85. The lowest BCUT2D eigenvalue weighted by Crippen LogP contribution is -2.13. The van der Waals surface area contributed by atoms with Crippen LogP contribution in [0, 0.1) is 6.92 Å². The molecule has 0 amide bonds. The fourth-order valence-corrected chi connectivity index (χ4v) is 1.19. The summed E-state index contributed by atoms with van der Waals surface area (Å²) in [4.78, 5) is 15.3. The van der Waals surface area contributed by atoms with E-state index in [0.717, 1.165) is 11.1 Å². The molecule has 1 aromatic heterocycles. The van der Waals surface area contributed by atoms with Crippen LogP contribution in [0.3, 0.4) is 0 Å². The number of carbonyl (C=O) groups excluding carboxylic acids is 1. The molecule has 3 nitrogen and oxygen atoms in total. The third kappa shape index (κ3) is 5.37. The van der Waals surface area contributed by atoms with Gasteiger partial charge < -0.3 is 4.74 Å². The minimum atomic E-state index is -0.201. The monoisotopic (exact) mass is 229 g/mol. The number of ether oxygens (including phenoxy) is 1. The maximum Gasteiger partial charge on any atom is 0.310 e. The number of esters is 1. The molecule has 0 fully saturated rings. The highest BCUT2D eigenvalue weighted by atomic mass is 35.5.